The van der Waals surface area contributed by atoms with Crippen LogP contribution in [0, 0.1) is 6.57 Å². The number of alkyl halides is 3. The van der Waals surface area contributed by atoms with Gasteiger partial charge in [0.05, 0.1) is 12.1 Å². The van der Waals surface area contributed by atoms with E-state index in [4.69, 9.17) is 12.3 Å². The highest BCUT2D eigenvalue weighted by Gasteiger charge is 2.35. The molecule has 0 radical (unpaired) electrons. The van der Waals surface area contributed by atoms with Crippen LogP contribution in [0.1, 0.15) is 12.5 Å². The molecule has 9 heteroatoms. The van der Waals surface area contributed by atoms with Crippen LogP contribution in [-0.4, -0.2) is 22.4 Å². The molecule has 4 N–H and O–H groups in total. The number of nitrogens with one attached hydrogen (secondary N) is 1. The number of thioether (sulfide) groups is 1. The molecule has 142 valence electrons. The molecule has 0 aliphatic heterocycles. The van der Waals surface area contributed by atoms with Gasteiger partial charge in [0, 0.05) is 22.0 Å². The topological polar surface area (TPSA) is 79.7 Å². The highest BCUT2D eigenvalue weighted by molar-refractivity contribution is 7.99. The number of rotatable bonds is 5. The second-order valence-corrected chi connectivity index (χ2v) is 6.98. The Kier molecular flexibility index (Phi) is 6.03. The van der Waals surface area contributed by atoms with Crippen LogP contribution in [0.2, 0.25) is 0 Å². The first-order valence-electron chi connectivity index (χ1n) is 7.64. The van der Waals surface area contributed by atoms with E-state index in [1.54, 1.807) is 24.3 Å². The Balaban J connectivity index is 2.12. The van der Waals surface area contributed by atoms with Crippen molar-refractivity contribution in [1.82, 2.24) is 0 Å². The number of aliphatic hydroxyl groups is 1. The molecule has 0 saturated heterocycles. The van der Waals surface area contributed by atoms with Gasteiger partial charge in [-0.1, -0.05) is 12.1 Å². The number of carbonyl (C=O) groups excluding carboxylic acids is 1. The fourth-order valence-corrected chi connectivity index (χ4v) is 3.07. The lowest BCUT2D eigenvalue weighted by molar-refractivity contribution is -0.137. The molecule has 0 saturated carbocycles. The zero-order chi connectivity index (χ0) is 20.2. The van der Waals surface area contributed by atoms with E-state index in [0.717, 1.165) is 11.0 Å². The van der Waals surface area contributed by atoms with Gasteiger partial charge in [-0.05, 0) is 37.3 Å². The van der Waals surface area contributed by atoms with Gasteiger partial charge in [0.2, 0.25) is 0 Å². The van der Waals surface area contributed by atoms with E-state index in [1.807, 2.05) is 0 Å². The number of nitrogens with two attached hydrogens (primary N) is 1. The first-order valence-corrected chi connectivity index (χ1v) is 8.62. The Bertz CT molecular complexity index is 892. The van der Waals surface area contributed by atoms with Gasteiger partial charge < -0.3 is 16.2 Å². The second-order valence-electron chi connectivity index (χ2n) is 5.93. The number of anilines is 2. The maximum atomic E-state index is 13.0. The quantitative estimate of drug-likeness (QED) is 0.400. The van der Waals surface area contributed by atoms with E-state index in [-0.39, 0.29) is 11.4 Å². The molecule has 0 unspecified atom stereocenters. The third kappa shape index (κ3) is 5.39. The maximum Gasteiger partial charge on any atom is 0.407 e. The molecule has 1 amide bonds. The van der Waals surface area contributed by atoms with Crippen LogP contribution in [0.25, 0.3) is 4.85 Å². The van der Waals surface area contributed by atoms with Crippen molar-refractivity contribution in [3.8, 4) is 0 Å². The van der Waals surface area contributed by atoms with E-state index < -0.39 is 28.9 Å². The van der Waals surface area contributed by atoms with Gasteiger partial charge in [0.25, 0.3) is 5.91 Å². The summed E-state index contributed by atoms with van der Waals surface area (Å²) in [5, 5.41) is 12.6. The number of amides is 1. The lowest BCUT2D eigenvalue weighted by atomic mass is 10.1. The van der Waals surface area contributed by atoms with E-state index in [2.05, 4.69) is 10.2 Å². The minimum Gasteiger partial charge on any atom is -0.399 e. The SMILES string of the molecule is [C-]#[N+]c1ccc(NC(=O)[C@](C)(O)CSc2cccc(N)c2)cc1C(F)(F)F. The first kappa shape index (κ1) is 20.6. The summed E-state index contributed by atoms with van der Waals surface area (Å²) >= 11 is 1.18. The van der Waals surface area contributed by atoms with Crippen molar-refractivity contribution in [2.24, 2.45) is 0 Å². The Hall–Kier alpha value is -2.70. The molecular formula is C18H16F3N3O2S. The number of hydrogen-bond acceptors (Lipinski definition) is 4. The molecule has 0 spiro atoms. The number of nitrogens with zero attached hydrogens (tertiary/aromatic N) is 1. The van der Waals surface area contributed by atoms with Crippen LogP contribution in [0.3, 0.4) is 0 Å². The van der Waals surface area contributed by atoms with Crippen LogP contribution in [0.5, 0.6) is 0 Å². The van der Waals surface area contributed by atoms with Crippen molar-refractivity contribution in [2.75, 3.05) is 16.8 Å². The highest BCUT2D eigenvalue weighted by atomic mass is 32.2. The summed E-state index contributed by atoms with van der Waals surface area (Å²) in [6.45, 7) is 8.08. The fourth-order valence-electron chi connectivity index (χ4n) is 2.10. The summed E-state index contributed by atoms with van der Waals surface area (Å²) in [7, 11) is 0. The van der Waals surface area contributed by atoms with Gasteiger partial charge in [-0.2, -0.15) is 13.2 Å². The molecule has 0 heterocycles. The van der Waals surface area contributed by atoms with Gasteiger partial charge in [-0.3, -0.25) is 4.79 Å². The van der Waals surface area contributed by atoms with E-state index in [1.165, 1.54) is 24.8 Å². The highest BCUT2D eigenvalue weighted by Crippen LogP contribution is 2.38. The average Bonchev–Trinajstić information content (AvgIpc) is 2.59. The molecule has 0 aliphatic rings. The third-order valence-electron chi connectivity index (χ3n) is 3.55. The predicted molar refractivity (Wildman–Crippen MR) is 98.5 cm³/mol. The summed E-state index contributed by atoms with van der Waals surface area (Å²) in [5.41, 5.74) is 2.48. The summed E-state index contributed by atoms with van der Waals surface area (Å²) in [6, 6.07) is 9.69. The Morgan fingerprint density at radius 2 is 2.00 bits per heavy atom. The van der Waals surface area contributed by atoms with Gasteiger partial charge in [0.1, 0.15) is 5.60 Å². The fraction of sp³-hybridized carbons (Fsp3) is 0.222. The number of hydrogen-bond donors (Lipinski definition) is 3. The molecule has 2 aromatic carbocycles. The molecule has 0 aliphatic carbocycles. The van der Waals surface area contributed by atoms with Crippen LogP contribution in [0.15, 0.2) is 47.4 Å². The number of halogens is 3. The summed E-state index contributed by atoms with van der Waals surface area (Å²) < 4.78 is 39.0. The third-order valence-corrected chi connectivity index (χ3v) is 4.84. The van der Waals surface area contributed by atoms with Crippen molar-refractivity contribution < 1.29 is 23.1 Å². The maximum absolute atomic E-state index is 13.0. The zero-order valence-corrected chi connectivity index (χ0v) is 15.0. The van der Waals surface area contributed by atoms with Crippen LogP contribution in [-0.2, 0) is 11.0 Å². The molecule has 5 nitrogen and oxygen atoms in total. The van der Waals surface area contributed by atoms with Gasteiger partial charge >= 0.3 is 6.18 Å². The van der Waals surface area contributed by atoms with Crippen molar-refractivity contribution >= 4 is 34.7 Å². The average molecular weight is 395 g/mol. The standard InChI is InChI=1S/C18H16F3N3O2S/c1-17(26,10-27-13-5-3-4-11(22)8-13)16(25)24-12-6-7-15(23-2)14(9-12)18(19,20)21/h3-9,26H,10,22H2,1H3,(H,24,25)/t17-/m1/s1. The van der Waals surface area contributed by atoms with E-state index in [9.17, 15) is 23.1 Å². The molecular weight excluding hydrogens is 379 g/mol. The largest absolute Gasteiger partial charge is 0.407 e. The monoisotopic (exact) mass is 395 g/mol. The number of benzene rings is 2. The minimum atomic E-state index is -4.73. The van der Waals surface area contributed by atoms with E-state index >= 15 is 0 Å². The number of nitrogen functional groups attached to an aromatic ring is 1. The van der Waals surface area contributed by atoms with Crippen LogP contribution >= 0.6 is 11.8 Å². The lowest BCUT2D eigenvalue weighted by Gasteiger charge is -2.22. The summed E-state index contributed by atoms with van der Waals surface area (Å²) in [6.07, 6.45) is -4.73. The van der Waals surface area contributed by atoms with Crippen molar-refractivity contribution in [3.63, 3.8) is 0 Å². The summed E-state index contributed by atoms with van der Waals surface area (Å²) in [5.74, 6) is -0.892. The first-order chi connectivity index (χ1) is 12.5. The van der Waals surface area contributed by atoms with Crippen molar-refractivity contribution in [1.29, 1.82) is 0 Å². The molecule has 27 heavy (non-hydrogen) atoms. The molecule has 0 bridgehead atoms. The molecule has 1 atom stereocenters. The minimum absolute atomic E-state index is 0.0332. The predicted octanol–water partition coefficient (Wildman–Crippen LogP) is 4.32. The van der Waals surface area contributed by atoms with Crippen LogP contribution in [0.4, 0.5) is 30.2 Å². The zero-order valence-electron chi connectivity index (χ0n) is 14.2. The smallest absolute Gasteiger partial charge is 0.399 e. The Labute approximate surface area is 158 Å². The van der Waals surface area contributed by atoms with Crippen molar-refractivity contribution in [2.45, 2.75) is 23.6 Å². The Morgan fingerprint density at radius 3 is 2.59 bits per heavy atom. The number of carbonyl (C=O) groups is 1. The lowest BCUT2D eigenvalue weighted by Crippen LogP contribution is -2.42. The summed E-state index contributed by atoms with van der Waals surface area (Å²) in [4.78, 5) is 15.9. The van der Waals surface area contributed by atoms with Crippen molar-refractivity contribution in [3.05, 3.63) is 59.4 Å². The molecule has 2 aromatic rings. The van der Waals surface area contributed by atoms with Crippen LogP contribution < -0.4 is 11.1 Å². The second kappa shape index (κ2) is 7.90. The molecule has 2 rings (SSSR count). The van der Waals surface area contributed by atoms with Gasteiger partial charge in [-0.15, -0.1) is 11.8 Å². The Morgan fingerprint density at radius 1 is 1.30 bits per heavy atom. The normalized spacial score (nSPS) is 13.5. The molecule has 0 fully saturated rings. The van der Waals surface area contributed by atoms with E-state index in [0.29, 0.717) is 11.8 Å². The van der Waals surface area contributed by atoms with Gasteiger partial charge in [-0.25, -0.2) is 4.85 Å². The van der Waals surface area contributed by atoms with Gasteiger partial charge in [0.15, 0.2) is 5.69 Å². The molecule has 0 aromatic heterocycles.